The molecular formula is C20H18ClN3O3S. The van der Waals surface area contributed by atoms with Crippen molar-refractivity contribution < 1.29 is 14.3 Å². The molecule has 0 aliphatic carbocycles. The van der Waals surface area contributed by atoms with Crippen molar-refractivity contribution >= 4 is 46.0 Å². The van der Waals surface area contributed by atoms with Crippen molar-refractivity contribution in [3.05, 3.63) is 54.1 Å². The molecule has 28 heavy (non-hydrogen) atoms. The van der Waals surface area contributed by atoms with E-state index in [9.17, 15) is 4.79 Å². The number of benzene rings is 2. The Kier molecular flexibility index (Phi) is 5.45. The molecule has 144 valence electrons. The Balaban J connectivity index is 1.47. The van der Waals surface area contributed by atoms with Crippen LogP contribution in [0.1, 0.15) is 0 Å². The Morgan fingerprint density at radius 1 is 1.29 bits per heavy atom. The zero-order valence-electron chi connectivity index (χ0n) is 15.0. The molecule has 0 fully saturated rings. The van der Waals surface area contributed by atoms with Gasteiger partial charge in [0.1, 0.15) is 13.2 Å². The van der Waals surface area contributed by atoms with E-state index >= 15 is 0 Å². The molecular weight excluding hydrogens is 398 g/mol. The molecule has 8 heteroatoms. The van der Waals surface area contributed by atoms with Crippen molar-refractivity contribution in [2.75, 3.05) is 24.3 Å². The van der Waals surface area contributed by atoms with E-state index in [1.165, 1.54) is 11.8 Å². The lowest BCUT2D eigenvalue weighted by Gasteiger charge is -2.20. The van der Waals surface area contributed by atoms with E-state index in [0.717, 1.165) is 16.2 Å². The second-order valence-corrected chi connectivity index (χ2v) is 7.44. The molecule has 6 nitrogen and oxygen atoms in total. The number of rotatable bonds is 6. The van der Waals surface area contributed by atoms with Crippen molar-refractivity contribution in [3.63, 3.8) is 0 Å². The molecule has 1 aliphatic heterocycles. The summed E-state index contributed by atoms with van der Waals surface area (Å²) >= 11 is 7.63. The van der Waals surface area contributed by atoms with Crippen LogP contribution in [-0.4, -0.2) is 34.4 Å². The summed E-state index contributed by atoms with van der Waals surface area (Å²) in [6, 6.07) is 11.2. The predicted molar refractivity (Wildman–Crippen MR) is 112 cm³/mol. The Morgan fingerprint density at radius 3 is 2.82 bits per heavy atom. The second-order valence-electron chi connectivity index (χ2n) is 6.09. The average Bonchev–Trinajstić information content (AvgIpc) is 3.05. The quantitative estimate of drug-likeness (QED) is 0.478. The number of aromatic nitrogens is 2. The van der Waals surface area contributed by atoms with Gasteiger partial charge in [0.25, 0.3) is 0 Å². The zero-order chi connectivity index (χ0) is 19.5. The molecule has 4 rings (SSSR count). The van der Waals surface area contributed by atoms with Crippen molar-refractivity contribution in [1.29, 1.82) is 0 Å². The van der Waals surface area contributed by atoms with E-state index in [-0.39, 0.29) is 11.7 Å². The number of carbonyl (C=O) groups excluding carboxylic acids is 1. The monoisotopic (exact) mass is 415 g/mol. The molecule has 0 radical (unpaired) electrons. The van der Waals surface area contributed by atoms with E-state index in [4.69, 9.17) is 21.1 Å². The van der Waals surface area contributed by atoms with Crippen LogP contribution in [0.4, 0.5) is 5.69 Å². The van der Waals surface area contributed by atoms with Gasteiger partial charge in [0, 0.05) is 18.7 Å². The maximum atomic E-state index is 12.5. The summed E-state index contributed by atoms with van der Waals surface area (Å²) in [5.41, 5.74) is 2.40. The molecule has 0 bridgehead atoms. The SMILES string of the molecule is C=CCn1c(SCC(=O)Nc2cc3c(cc2Cl)OCCO3)nc2ccccc21. The molecule has 2 heterocycles. The number of ether oxygens (including phenoxy) is 2. The minimum absolute atomic E-state index is 0.180. The molecule has 1 N–H and O–H groups in total. The summed E-state index contributed by atoms with van der Waals surface area (Å²) in [6.45, 7) is 5.38. The van der Waals surface area contributed by atoms with Crippen LogP contribution in [0.3, 0.4) is 0 Å². The van der Waals surface area contributed by atoms with Crippen LogP contribution in [0.25, 0.3) is 11.0 Å². The number of amides is 1. The van der Waals surface area contributed by atoms with Crippen molar-refractivity contribution in [2.24, 2.45) is 0 Å². The van der Waals surface area contributed by atoms with E-state index < -0.39 is 0 Å². The minimum Gasteiger partial charge on any atom is -0.486 e. The number of hydrogen-bond donors (Lipinski definition) is 1. The number of hydrogen-bond acceptors (Lipinski definition) is 5. The van der Waals surface area contributed by atoms with Gasteiger partial charge in [-0.15, -0.1) is 6.58 Å². The molecule has 0 atom stereocenters. The highest BCUT2D eigenvalue weighted by atomic mass is 35.5. The van der Waals surface area contributed by atoms with E-state index in [0.29, 0.717) is 42.0 Å². The topological polar surface area (TPSA) is 65.4 Å². The summed E-state index contributed by atoms with van der Waals surface area (Å²) in [7, 11) is 0. The minimum atomic E-state index is -0.180. The summed E-state index contributed by atoms with van der Waals surface area (Å²) < 4.78 is 13.1. The van der Waals surface area contributed by atoms with E-state index in [1.54, 1.807) is 12.1 Å². The lowest BCUT2D eigenvalue weighted by Crippen LogP contribution is -2.17. The number of carbonyl (C=O) groups is 1. The van der Waals surface area contributed by atoms with Crippen LogP contribution >= 0.6 is 23.4 Å². The van der Waals surface area contributed by atoms with Gasteiger partial charge in [0.2, 0.25) is 5.91 Å². The lowest BCUT2D eigenvalue weighted by atomic mass is 10.2. The number of para-hydroxylation sites is 2. The number of nitrogens with one attached hydrogen (secondary N) is 1. The molecule has 0 spiro atoms. The normalized spacial score (nSPS) is 12.8. The third kappa shape index (κ3) is 3.81. The van der Waals surface area contributed by atoms with E-state index in [2.05, 4.69) is 16.9 Å². The lowest BCUT2D eigenvalue weighted by molar-refractivity contribution is -0.113. The smallest absolute Gasteiger partial charge is 0.234 e. The molecule has 0 saturated heterocycles. The van der Waals surface area contributed by atoms with Crippen LogP contribution in [0, 0.1) is 0 Å². The fourth-order valence-corrected chi connectivity index (χ4v) is 3.97. The van der Waals surface area contributed by atoms with Gasteiger partial charge in [0.05, 0.1) is 27.5 Å². The summed E-state index contributed by atoms with van der Waals surface area (Å²) in [5.74, 6) is 1.18. The highest BCUT2D eigenvalue weighted by Gasteiger charge is 2.17. The van der Waals surface area contributed by atoms with Crippen molar-refractivity contribution in [2.45, 2.75) is 11.7 Å². The van der Waals surface area contributed by atoms with Crippen LogP contribution in [0.2, 0.25) is 5.02 Å². The molecule has 1 amide bonds. The number of anilines is 1. The summed E-state index contributed by atoms with van der Waals surface area (Å²) in [5, 5.41) is 4.00. The highest BCUT2D eigenvalue weighted by molar-refractivity contribution is 7.99. The fourth-order valence-electron chi connectivity index (χ4n) is 2.95. The summed E-state index contributed by atoms with van der Waals surface area (Å²) in [4.78, 5) is 17.1. The number of thioether (sulfide) groups is 1. The van der Waals surface area contributed by atoms with Crippen LogP contribution in [-0.2, 0) is 11.3 Å². The fraction of sp³-hybridized carbons (Fsp3) is 0.200. The van der Waals surface area contributed by atoms with Crippen LogP contribution in [0.15, 0.2) is 54.2 Å². The Morgan fingerprint density at radius 2 is 2.04 bits per heavy atom. The maximum absolute atomic E-state index is 12.5. The van der Waals surface area contributed by atoms with Gasteiger partial charge >= 0.3 is 0 Å². The van der Waals surface area contributed by atoms with Gasteiger partial charge in [-0.2, -0.15) is 0 Å². The van der Waals surface area contributed by atoms with Gasteiger partial charge in [-0.3, -0.25) is 4.79 Å². The highest BCUT2D eigenvalue weighted by Crippen LogP contribution is 2.38. The van der Waals surface area contributed by atoms with Gasteiger partial charge in [-0.1, -0.05) is 41.6 Å². The number of imidazole rings is 1. The third-order valence-corrected chi connectivity index (χ3v) is 5.46. The van der Waals surface area contributed by atoms with Crippen LogP contribution < -0.4 is 14.8 Å². The Bertz CT molecular complexity index is 1050. The van der Waals surface area contributed by atoms with Gasteiger partial charge in [0.15, 0.2) is 16.7 Å². The first-order valence-corrected chi connectivity index (χ1v) is 10.1. The Labute approximate surface area is 171 Å². The largest absolute Gasteiger partial charge is 0.486 e. The Hall–Kier alpha value is -2.64. The number of halogens is 1. The standard InChI is InChI=1S/C20H18ClN3O3S/c1-2-7-24-16-6-4-3-5-14(16)23-20(24)28-12-19(25)22-15-11-18-17(10-13(15)21)26-8-9-27-18/h2-6,10-11H,1,7-9,12H2,(H,22,25). The summed E-state index contributed by atoms with van der Waals surface area (Å²) in [6.07, 6.45) is 1.81. The molecule has 2 aromatic carbocycles. The molecule has 0 unspecified atom stereocenters. The zero-order valence-corrected chi connectivity index (χ0v) is 16.6. The van der Waals surface area contributed by atoms with E-state index in [1.807, 2.05) is 34.9 Å². The third-order valence-electron chi connectivity index (χ3n) is 4.17. The maximum Gasteiger partial charge on any atom is 0.234 e. The van der Waals surface area contributed by atoms with Gasteiger partial charge in [-0.05, 0) is 12.1 Å². The number of nitrogens with zero attached hydrogens (tertiary/aromatic N) is 2. The average molecular weight is 416 g/mol. The molecule has 3 aromatic rings. The van der Waals surface area contributed by atoms with Crippen molar-refractivity contribution in [3.8, 4) is 11.5 Å². The number of allylic oxidation sites excluding steroid dienone is 1. The van der Waals surface area contributed by atoms with Gasteiger partial charge in [-0.25, -0.2) is 4.98 Å². The first-order chi connectivity index (χ1) is 13.7. The predicted octanol–water partition coefficient (Wildman–Crippen LogP) is 4.38. The molecule has 0 saturated carbocycles. The first-order valence-electron chi connectivity index (χ1n) is 8.73. The van der Waals surface area contributed by atoms with Crippen LogP contribution in [0.5, 0.6) is 11.5 Å². The van der Waals surface area contributed by atoms with Gasteiger partial charge < -0.3 is 19.4 Å². The first kappa shape index (κ1) is 18.7. The molecule has 1 aromatic heterocycles. The second kappa shape index (κ2) is 8.16. The van der Waals surface area contributed by atoms with Crippen molar-refractivity contribution in [1.82, 2.24) is 9.55 Å². The molecule has 1 aliphatic rings. The number of fused-ring (bicyclic) bond motifs is 2.